The number of anilines is 1. The van der Waals surface area contributed by atoms with Gasteiger partial charge < -0.3 is 9.50 Å². The molecule has 0 atom stereocenters. The molecular formula is C25H19BrN2O6S2. The van der Waals surface area contributed by atoms with Crippen LogP contribution in [0.1, 0.15) is 18.1 Å². The Morgan fingerprint density at radius 1 is 1.06 bits per heavy atom. The zero-order valence-electron chi connectivity index (χ0n) is 18.8. The van der Waals surface area contributed by atoms with Crippen molar-refractivity contribution in [3.63, 3.8) is 0 Å². The van der Waals surface area contributed by atoms with E-state index in [1.807, 2.05) is 30.3 Å². The van der Waals surface area contributed by atoms with E-state index in [0.29, 0.717) is 15.7 Å². The second-order valence-corrected chi connectivity index (χ2v) is 11.1. The number of imide groups is 1. The van der Waals surface area contributed by atoms with E-state index in [1.54, 1.807) is 18.2 Å². The van der Waals surface area contributed by atoms with E-state index in [1.165, 1.54) is 42.2 Å². The molecule has 1 aliphatic rings. The second-order valence-electron chi connectivity index (χ2n) is 7.69. The Balaban J connectivity index is 1.48. The molecule has 0 aromatic heterocycles. The summed E-state index contributed by atoms with van der Waals surface area (Å²) in [5.41, 5.74) is 1.88. The summed E-state index contributed by atoms with van der Waals surface area (Å²) in [5, 5.41) is 2.20. The number of nitrogens with one attached hydrogen (secondary N) is 1. The number of carbonyl (C=O) groups excluding carboxylic acids is 3. The molecule has 1 saturated heterocycles. The van der Waals surface area contributed by atoms with Gasteiger partial charge in [0.2, 0.25) is 5.91 Å². The van der Waals surface area contributed by atoms with Crippen LogP contribution in [0.25, 0.3) is 6.08 Å². The van der Waals surface area contributed by atoms with Gasteiger partial charge >= 0.3 is 10.1 Å². The van der Waals surface area contributed by atoms with Crippen LogP contribution in [0, 0.1) is 0 Å². The molecule has 0 spiro atoms. The second kappa shape index (κ2) is 10.7. The number of thioether (sulfide) groups is 1. The number of rotatable bonds is 7. The van der Waals surface area contributed by atoms with Crippen LogP contribution in [-0.2, 0) is 26.3 Å². The van der Waals surface area contributed by atoms with Crippen molar-refractivity contribution in [1.29, 1.82) is 0 Å². The molecular weight excluding hydrogens is 568 g/mol. The Kier molecular flexibility index (Phi) is 7.62. The van der Waals surface area contributed by atoms with Crippen molar-refractivity contribution >= 4 is 66.6 Å². The number of halogens is 1. The van der Waals surface area contributed by atoms with Crippen molar-refractivity contribution < 1.29 is 27.0 Å². The van der Waals surface area contributed by atoms with Gasteiger partial charge in [-0.05, 0) is 81.3 Å². The maximum absolute atomic E-state index is 12.8. The summed E-state index contributed by atoms with van der Waals surface area (Å²) in [6.45, 7) is 1.54. The lowest BCUT2D eigenvalue weighted by atomic mass is 10.2. The molecule has 0 bridgehead atoms. The van der Waals surface area contributed by atoms with Gasteiger partial charge in [-0.1, -0.05) is 36.4 Å². The van der Waals surface area contributed by atoms with Gasteiger partial charge in [-0.3, -0.25) is 19.3 Å². The molecule has 3 aromatic rings. The molecule has 36 heavy (non-hydrogen) atoms. The van der Waals surface area contributed by atoms with Gasteiger partial charge in [0.05, 0.1) is 15.9 Å². The molecule has 11 heteroatoms. The molecule has 184 valence electrons. The molecule has 1 N–H and O–H groups in total. The van der Waals surface area contributed by atoms with Crippen molar-refractivity contribution in [2.24, 2.45) is 0 Å². The van der Waals surface area contributed by atoms with Crippen molar-refractivity contribution in [3.8, 4) is 5.75 Å². The summed E-state index contributed by atoms with van der Waals surface area (Å²) in [4.78, 5) is 37.7. The molecule has 3 amide bonds. The SMILES string of the molecule is CC(=O)Nc1ccc(S(=O)(=O)Oc2ccc(/C=C3\SC(=O)N(Cc4ccccc4)C3=O)cc2Br)cc1. The molecule has 0 unspecified atom stereocenters. The molecule has 0 radical (unpaired) electrons. The van der Waals surface area contributed by atoms with E-state index in [4.69, 9.17) is 4.18 Å². The largest absolute Gasteiger partial charge is 0.378 e. The third-order valence-corrected chi connectivity index (χ3v) is 7.75. The van der Waals surface area contributed by atoms with Crippen molar-refractivity contribution in [1.82, 2.24) is 4.90 Å². The minimum Gasteiger partial charge on any atom is -0.378 e. The van der Waals surface area contributed by atoms with Crippen LogP contribution in [0.2, 0.25) is 0 Å². The summed E-state index contributed by atoms with van der Waals surface area (Å²) < 4.78 is 31.0. The molecule has 8 nitrogen and oxygen atoms in total. The minimum atomic E-state index is -4.14. The molecule has 4 rings (SSSR count). The van der Waals surface area contributed by atoms with Gasteiger partial charge in [-0.15, -0.1) is 0 Å². The highest BCUT2D eigenvalue weighted by atomic mass is 79.9. The quantitative estimate of drug-likeness (QED) is 0.291. The maximum atomic E-state index is 12.8. The fraction of sp³-hybridized carbons (Fsp3) is 0.0800. The fourth-order valence-corrected chi connectivity index (χ4v) is 5.67. The Bertz CT molecular complexity index is 1470. The highest BCUT2D eigenvalue weighted by Crippen LogP contribution is 2.35. The first-order chi connectivity index (χ1) is 17.1. The van der Waals surface area contributed by atoms with Gasteiger partial charge in [0.15, 0.2) is 5.75 Å². The first kappa shape index (κ1) is 25.7. The number of nitrogens with zero attached hydrogens (tertiary/aromatic N) is 1. The lowest BCUT2D eigenvalue weighted by Gasteiger charge is -2.12. The van der Waals surface area contributed by atoms with Gasteiger partial charge in [0, 0.05) is 12.6 Å². The molecule has 3 aromatic carbocycles. The third-order valence-electron chi connectivity index (χ3n) is 4.97. The predicted molar refractivity (Wildman–Crippen MR) is 141 cm³/mol. The van der Waals surface area contributed by atoms with Gasteiger partial charge in [-0.2, -0.15) is 8.42 Å². The van der Waals surface area contributed by atoms with Crippen molar-refractivity contribution in [2.45, 2.75) is 18.4 Å². The molecule has 0 saturated carbocycles. The van der Waals surface area contributed by atoms with Gasteiger partial charge in [0.1, 0.15) is 4.90 Å². The summed E-state index contributed by atoms with van der Waals surface area (Å²) in [5.74, 6) is -0.613. The average molecular weight is 587 g/mol. The highest BCUT2D eigenvalue weighted by Gasteiger charge is 2.35. The zero-order valence-corrected chi connectivity index (χ0v) is 22.0. The van der Waals surface area contributed by atoms with E-state index in [0.717, 1.165) is 17.3 Å². The first-order valence-corrected chi connectivity index (χ1v) is 13.6. The molecule has 0 aliphatic carbocycles. The first-order valence-electron chi connectivity index (χ1n) is 10.5. The van der Waals surface area contributed by atoms with Crippen molar-refractivity contribution in [3.05, 3.63) is 93.3 Å². The summed E-state index contributed by atoms with van der Waals surface area (Å²) in [6, 6.07) is 19.4. The average Bonchev–Trinajstić information content (AvgIpc) is 3.09. The minimum absolute atomic E-state index is 0.0512. The maximum Gasteiger partial charge on any atom is 0.339 e. The smallest absolute Gasteiger partial charge is 0.339 e. The Labute approximate surface area is 220 Å². The molecule has 1 fully saturated rings. The third kappa shape index (κ3) is 6.04. The van der Waals surface area contributed by atoms with Crippen LogP contribution in [0.3, 0.4) is 0 Å². The molecule has 1 aliphatic heterocycles. The topological polar surface area (TPSA) is 110 Å². The number of benzene rings is 3. The van der Waals surface area contributed by atoms with Gasteiger partial charge in [0.25, 0.3) is 11.1 Å². The predicted octanol–water partition coefficient (Wildman–Crippen LogP) is 5.41. The monoisotopic (exact) mass is 586 g/mol. The van der Waals surface area contributed by atoms with E-state index in [9.17, 15) is 22.8 Å². The highest BCUT2D eigenvalue weighted by molar-refractivity contribution is 9.10. The van der Waals surface area contributed by atoms with E-state index in [2.05, 4.69) is 21.2 Å². The number of amides is 3. The Morgan fingerprint density at radius 3 is 2.39 bits per heavy atom. The number of hydrogen-bond acceptors (Lipinski definition) is 7. The van der Waals surface area contributed by atoms with E-state index < -0.39 is 16.0 Å². The van der Waals surface area contributed by atoms with Gasteiger partial charge in [-0.25, -0.2) is 0 Å². The van der Waals surface area contributed by atoms with E-state index >= 15 is 0 Å². The van der Waals surface area contributed by atoms with Crippen LogP contribution in [0.5, 0.6) is 5.75 Å². The summed E-state index contributed by atoms with van der Waals surface area (Å²) in [6.07, 6.45) is 1.57. The lowest BCUT2D eigenvalue weighted by molar-refractivity contribution is -0.123. The molecule has 1 heterocycles. The van der Waals surface area contributed by atoms with Crippen LogP contribution in [0.4, 0.5) is 10.5 Å². The summed E-state index contributed by atoms with van der Waals surface area (Å²) >= 11 is 4.16. The Morgan fingerprint density at radius 2 is 1.75 bits per heavy atom. The standard InChI is InChI=1S/C25H19BrN2O6S2/c1-16(29)27-19-8-10-20(11-9-19)36(32,33)34-22-12-7-18(13-21(22)26)14-23-24(30)28(25(31)35-23)15-17-5-3-2-4-6-17/h2-14H,15H2,1H3,(H,27,29)/b23-14-. The fourth-order valence-electron chi connectivity index (χ4n) is 3.30. The number of carbonyl (C=O) groups is 3. The summed E-state index contributed by atoms with van der Waals surface area (Å²) in [7, 11) is -4.14. The number of hydrogen-bond donors (Lipinski definition) is 1. The van der Waals surface area contributed by atoms with Crippen LogP contribution < -0.4 is 9.50 Å². The van der Waals surface area contributed by atoms with Crippen LogP contribution in [0.15, 0.2) is 87.1 Å². The van der Waals surface area contributed by atoms with Crippen molar-refractivity contribution in [2.75, 3.05) is 5.32 Å². The van der Waals surface area contributed by atoms with Crippen LogP contribution >= 0.6 is 27.7 Å². The zero-order chi connectivity index (χ0) is 25.9. The normalized spacial score (nSPS) is 14.8. The van der Waals surface area contributed by atoms with Crippen LogP contribution in [-0.4, -0.2) is 30.4 Å². The lowest BCUT2D eigenvalue weighted by Crippen LogP contribution is -2.27. The Hall–Kier alpha value is -3.41. The van der Waals surface area contributed by atoms with E-state index in [-0.39, 0.29) is 33.2 Å².